The lowest BCUT2D eigenvalue weighted by atomic mass is 10.0. The van der Waals surface area contributed by atoms with E-state index in [9.17, 15) is 18.5 Å². The van der Waals surface area contributed by atoms with E-state index >= 15 is 0 Å². The highest BCUT2D eigenvalue weighted by Gasteiger charge is 2.24. The summed E-state index contributed by atoms with van der Waals surface area (Å²) in [5.74, 6) is -0.260. The number of anilines is 1. The number of primary sulfonamides is 1. The lowest BCUT2D eigenvalue weighted by molar-refractivity contribution is -0.115. The van der Waals surface area contributed by atoms with Gasteiger partial charge in [0.05, 0.1) is 16.9 Å². The topological polar surface area (TPSA) is 125 Å². The number of amides is 1. The van der Waals surface area contributed by atoms with Crippen LogP contribution in [0.1, 0.15) is 28.5 Å². The third-order valence-corrected chi connectivity index (χ3v) is 6.29. The average Bonchev–Trinajstić information content (AvgIpc) is 2.90. The molecule has 0 fully saturated rings. The van der Waals surface area contributed by atoms with Gasteiger partial charge in [0, 0.05) is 17.5 Å². The molecule has 26 heavy (non-hydrogen) atoms. The van der Waals surface area contributed by atoms with Gasteiger partial charge in [0.25, 0.3) is 0 Å². The second-order valence-corrected chi connectivity index (χ2v) is 8.89. The van der Waals surface area contributed by atoms with Crippen LogP contribution in [0.4, 0.5) is 5.00 Å². The van der Waals surface area contributed by atoms with Crippen LogP contribution in [0.15, 0.2) is 29.2 Å². The quantitative estimate of drug-likeness (QED) is 0.729. The van der Waals surface area contributed by atoms with Crippen LogP contribution in [0.5, 0.6) is 0 Å². The molecule has 9 heteroatoms. The summed E-state index contributed by atoms with van der Waals surface area (Å²) in [7, 11) is -3.75. The van der Waals surface area contributed by atoms with E-state index in [4.69, 9.17) is 5.14 Å². The molecule has 136 valence electrons. The van der Waals surface area contributed by atoms with Crippen molar-refractivity contribution in [1.29, 1.82) is 5.26 Å². The maximum Gasteiger partial charge on any atom is 0.238 e. The van der Waals surface area contributed by atoms with Crippen molar-refractivity contribution < 1.29 is 13.2 Å². The number of fused-ring (bicyclic) bond motifs is 1. The molecule has 7 nitrogen and oxygen atoms in total. The Hall–Kier alpha value is -2.25. The Morgan fingerprint density at radius 1 is 1.42 bits per heavy atom. The number of benzene rings is 1. The molecule has 0 bridgehead atoms. The first-order valence-corrected chi connectivity index (χ1v) is 10.3. The van der Waals surface area contributed by atoms with Gasteiger partial charge in [-0.05, 0) is 36.6 Å². The Balaban J connectivity index is 1.74. The van der Waals surface area contributed by atoms with E-state index in [1.807, 2.05) is 0 Å². The van der Waals surface area contributed by atoms with Crippen LogP contribution >= 0.6 is 11.3 Å². The predicted octanol–water partition coefficient (Wildman–Crippen LogP) is 1.48. The Morgan fingerprint density at radius 3 is 2.73 bits per heavy atom. The number of thiophene rings is 1. The lowest BCUT2D eigenvalue weighted by Gasteiger charge is -2.19. The van der Waals surface area contributed by atoms with Crippen LogP contribution < -0.4 is 15.8 Å². The highest BCUT2D eigenvalue weighted by molar-refractivity contribution is 7.89. The van der Waals surface area contributed by atoms with Crippen LogP contribution in [0.2, 0.25) is 0 Å². The predicted molar refractivity (Wildman–Crippen MR) is 99.2 cm³/mol. The molecular weight excluding hydrogens is 372 g/mol. The SMILES string of the molecule is CC1Cc2sc(NC(=O)Cc3ccc(S(N)(=O)=O)cc3)c(C#N)c2CN1. The first-order valence-electron chi connectivity index (χ1n) is 7.97. The van der Waals surface area contributed by atoms with Gasteiger partial charge < -0.3 is 10.6 Å². The molecule has 1 aliphatic heterocycles. The maximum absolute atomic E-state index is 12.3. The fourth-order valence-electron chi connectivity index (χ4n) is 2.85. The van der Waals surface area contributed by atoms with Gasteiger partial charge in [0.1, 0.15) is 11.1 Å². The van der Waals surface area contributed by atoms with E-state index in [1.54, 1.807) is 12.1 Å². The standard InChI is InChI=1S/C17H18N4O3S2/c1-10-6-15-14(9-20-10)13(8-18)17(25-15)21-16(22)7-11-2-4-12(5-3-11)26(19,23)24/h2-5,10,20H,6-7,9H2,1H3,(H,21,22)(H2,19,23,24). The number of nitrogens with one attached hydrogen (secondary N) is 2. The van der Waals surface area contributed by atoms with Gasteiger partial charge in [-0.3, -0.25) is 4.79 Å². The molecule has 1 aromatic heterocycles. The van der Waals surface area contributed by atoms with Crippen molar-refractivity contribution in [3.8, 4) is 6.07 Å². The van der Waals surface area contributed by atoms with Crippen LogP contribution in [-0.4, -0.2) is 20.4 Å². The Labute approximate surface area is 155 Å². The van der Waals surface area contributed by atoms with Crippen molar-refractivity contribution in [2.45, 2.75) is 37.2 Å². The summed E-state index contributed by atoms with van der Waals surface area (Å²) in [4.78, 5) is 13.5. The molecule has 1 aliphatic rings. The van der Waals surface area contributed by atoms with Crippen LogP contribution in [0.25, 0.3) is 0 Å². The van der Waals surface area contributed by atoms with Crippen LogP contribution in [-0.2, 0) is 34.2 Å². The van der Waals surface area contributed by atoms with E-state index < -0.39 is 10.0 Å². The minimum atomic E-state index is -3.75. The molecule has 1 aromatic carbocycles. The molecule has 1 atom stereocenters. The monoisotopic (exact) mass is 390 g/mol. The molecule has 3 rings (SSSR count). The number of carbonyl (C=O) groups excluding carboxylic acids is 1. The zero-order valence-electron chi connectivity index (χ0n) is 14.1. The maximum atomic E-state index is 12.3. The molecule has 4 N–H and O–H groups in total. The van der Waals surface area contributed by atoms with Crippen molar-refractivity contribution in [3.05, 3.63) is 45.8 Å². The van der Waals surface area contributed by atoms with Gasteiger partial charge >= 0.3 is 0 Å². The Bertz CT molecular complexity index is 988. The molecule has 2 heterocycles. The highest BCUT2D eigenvalue weighted by Crippen LogP contribution is 2.35. The Morgan fingerprint density at radius 2 is 2.12 bits per heavy atom. The van der Waals surface area contributed by atoms with Gasteiger partial charge in [0.15, 0.2) is 0 Å². The van der Waals surface area contributed by atoms with Gasteiger partial charge in [-0.1, -0.05) is 12.1 Å². The Kier molecular flexibility index (Phi) is 5.11. The fourth-order valence-corrected chi connectivity index (χ4v) is 4.68. The number of carbonyl (C=O) groups is 1. The smallest absolute Gasteiger partial charge is 0.238 e. The second kappa shape index (κ2) is 7.17. The van der Waals surface area contributed by atoms with Crippen molar-refractivity contribution in [2.24, 2.45) is 5.14 Å². The first-order chi connectivity index (χ1) is 12.3. The summed E-state index contributed by atoms with van der Waals surface area (Å²) in [5.41, 5.74) is 2.13. The molecule has 0 aliphatic carbocycles. The molecule has 0 saturated heterocycles. The molecule has 0 saturated carbocycles. The van der Waals surface area contributed by atoms with Crippen LogP contribution in [0.3, 0.4) is 0 Å². The van der Waals surface area contributed by atoms with Crippen molar-refractivity contribution in [2.75, 3.05) is 5.32 Å². The van der Waals surface area contributed by atoms with E-state index in [0.29, 0.717) is 28.7 Å². The minimum Gasteiger partial charge on any atom is -0.316 e. The van der Waals surface area contributed by atoms with Crippen molar-refractivity contribution in [3.63, 3.8) is 0 Å². The largest absolute Gasteiger partial charge is 0.316 e. The molecular formula is C17H18N4O3S2. The molecule has 0 spiro atoms. The van der Waals surface area contributed by atoms with E-state index in [1.165, 1.54) is 23.5 Å². The van der Waals surface area contributed by atoms with Crippen LogP contribution in [0, 0.1) is 11.3 Å². The highest BCUT2D eigenvalue weighted by atomic mass is 32.2. The number of nitrogens with zero attached hydrogens (tertiary/aromatic N) is 1. The zero-order valence-corrected chi connectivity index (χ0v) is 15.7. The molecule has 1 unspecified atom stereocenters. The van der Waals surface area contributed by atoms with E-state index in [0.717, 1.165) is 16.9 Å². The number of sulfonamides is 1. The van der Waals surface area contributed by atoms with Crippen molar-refractivity contribution >= 4 is 32.3 Å². The minimum absolute atomic E-state index is 0.000904. The third kappa shape index (κ3) is 3.94. The second-order valence-electron chi connectivity index (χ2n) is 6.22. The normalized spacial score (nSPS) is 16.6. The lowest BCUT2D eigenvalue weighted by Crippen LogP contribution is -2.32. The van der Waals surface area contributed by atoms with E-state index in [2.05, 4.69) is 23.6 Å². The van der Waals surface area contributed by atoms with Gasteiger partial charge in [-0.25, -0.2) is 13.6 Å². The summed E-state index contributed by atoms with van der Waals surface area (Å²) in [6.07, 6.45) is 0.909. The van der Waals surface area contributed by atoms with Gasteiger partial charge in [0.2, 0.25) is 15.9 Å². The van der Waals surface area contributed by atoms with Gasteiger partial charge in [-0.2, -0.15) is 5.26 Å². The molecule has 1 amide bonds. The summed E-state index contributed by atoms with van der Waals surface area (Å²) in [6, 6.07) is 8.37. The number of hydrogen-bond acceptors (Lipinski definition) is 6. The molecule has 2 aromatic rings. The molecule has 0 radical (unpaired) electrons. The number of hydrogen-bond donors (Lipinski definition) is 3. The van der Waals surface area contributed by atoms with Gasteiger partial charge in [-0.15, -0.1) is 11.3 Å². The van der Waals surface area contributed by atoms with Crippen molar-refractivity contribution in [1.82, 2.24) is 5.32 Å². The summed E-state index contributed by atoms with van der Waals surface area (Å²) in [5, 5.41) is 21.2. The van der Waals surface area contributed by atoms with E-state index in [-0.39, 0.29) is 17.2 Å². The summed E-state index contributed by atoms with van der Waals surface area (Å²) in [6.45, 7) is 2.71. The fraction of sp³-hybridized carbons (Fsp3) is 0.294. The third-order valence-electron chi connectivity index (χ3n) is 4.19. The number of rotatable bonds is 4. The zero-order chi connectivity index (χ0) is 18.9. The average molecular weight is 390 g/mol. The number of nitriles is 1. The first kappa shape index (κ1) is 18.5. The summed E-state index contributed by atoms with van der Waals surface area (Å²) >= 11 is 1.44. The summed E-state index contributed by atoms with van der Waals surface area (Å²) < 4.78 is 22.5. The number of nitrogens with two attached hydrogens (primary N) is 1.